The number of nitriles is 1. The van der Waals surface area contributed by atoms with Crippen LogP contribution in [0.5, 0.6) is 11.5 Å². The van der Waals surface area contributed by atoms with Gasteiger partial charge in [0.15, 0.2) is 11.5 Å². The molecular formula is C17H18N2O2. The molecule has 2 aromatic carbocycles. The van der Waals surface area contributed by atoms with Crippen LogP contribution in [-0.2, 0) is 0 Å². The van der Waals surface area contributed by atoms with Crippen molar-refractivity contribution in [3.8, 4) is 17.6 Å². The summed E-state index contributed by atoms with van der Waals surface area (Å²) >= 11 is 0. The second-order valence-electron chi connectivity index (χ2n) is 4.64. The molecule has 0 aliphatic rings. The van der Waals surface area contributed by atoms with Crippen molar-refractivity contribution in [1.82, 2.24) is 0 Å². The number of para-hydroxylation sites is 1. The summed E-state index contributed by atoms with van der Waals surface area (Å²) in [5, 5.41) is 12.5. The number of nitrogens with one attached hydrogen (secondary N) is 1. The molecule has 0 fully saturated rings. The van der Waals surface area contributed by atoms with Crippen LogP contribution in [0.25, 0.3) is 0 Å². The van der Waals surface area contributed by atoms with Crippen LogP contribution < -0.4 is 14.8 Å². The summed E-state index contributed by atoms with van der Waals surface area (Å²) in [5.41, 5.74) is 2.51. The molecule has 0 spiro atoms. The average molecular weight is 282 g/mol. The first-order chi connectivity index (χ1) is 10.2. The number of nitrogens with zero attached hydrogens (tertiary/aromatic N) is 1. The molecule has 0 bridgehead atoms. The minimum atomic E-state index is 0.0410. The predicted octanol–water partition coefficient (Wildman–Crippen LogP) is 3.75. The van der Waals surface area contributed by atoms with Crippen LogP contribution in [0.3, 0.4) is 0 Å². The summed E-state index contributed by atoms with van der Waals surface area (Å²) in [6.45, 7) is 2.04. The molecule has 0 aliphatic heterocycles. The van der Waals surface area contributed by atoms with Gasteiger partial charge in [-0.2, -0.15) is 5.26 Å². The average Bonchev–Trinajstić information content (AvgIpc) is 2.54. The molecule has 0 aromatic heterocycles. The van der Waals surface area contributed by atoms with E-state index in [4.69, 9.17) is 14.7 Å². The van der Waals surface area contributed by atoms with E-state index in [9.17, 15) is 0 Å². The SMILES string of the molecule is COc1ccc(C(C)Nc2ccccc2C#N)cc1OC. The fourth-order valence-electron chi connectivity index (χ4n) is 2.15. The lowest BCUT2D eigenvalue weighted by Gasteiger charge is -2.18. The number of benzene rings is 2. The highest BCUT2D eigenvalue weighted by Crippen LogP contribution is 2.31. The van der Waals surface area contributed by atoms with Crippen molar-refractivity contribution in [2.45, 2.75) is 13.0 Å². The fourth-order valence-corrected chi connectivity index (χ4v) is 2.15. The maximum Gasteiger partial charge on any atom is 0.161 e. The van der Waals surface area contributed by atoms with Crippen molar-refractivity contribution in [2.75, 3.05) is 19.5 Å². The first-order valence-corrected chi connectivity index (χ1v) is 6.67. The maximum absolute atomic E-state index is 9.13. The van der Waals surface area contributed by atoms with Gasteiger partial charge in [-0.15, -0.1) is 0 Å². The molecule has 2 rings (SSSR count). The van der Waals surface area contributed by atoms with E-state index < -0.39 is 0 Å². The summed E-state index contributed by atoms with van der Waals surface area (Å²) in [6.07, 6.45) is 0. The van der Waals surface area contributed by atoms with Crippen LogP contribution >= 0.6 is 0 Å². The van der Waals surface area contributed by atoms with Gasteiger partial charge in [0.1, 0.15) is 6.07 Å². The third-order valence-corrected chi connectivity index (χ3v) is 3.33. The zero-order chi connectivity index (χ0) is 15.2. The van der Waals surface area contributed by atoms with Crippen LogP contribution in [0.1, 0.15) is 24.1 Å². The van der Waals surface area contributed by atoms with E-state index in [-0.39, 0.29) is 6.04 Å². The highest BCUT2D eigenvalue weighted by Gasteiger charge is 2.11. The summed E-state index contributed by atoms with van der Waals surface area (Å²) < 4.78 is 10.6. The molecule has 0 saturated heterocycles. The van der Waals surface area contributed by atoms with E-state index in [0.29, 0.717) is 17.1 Å². The van der Waals surface area contributed by atoms with Crippen molar-refractivity contribution < 1.29 is 9.47 Å². The Morgan fingerprint density at radius 2 is 1.76 bits per heavy atom. The van der Waals surface area contributed by atoms with E-state index in [2.05, 4.69) is 11.4 Å². The quantitative estimate of drug-likeness (QED) is 0.907. The highest BCUT2D eigenvalue weighted by atomic mass is 16.5. The van der Waals surface area contributed by atoms with Gasteiger partial charge in [0.2, 0.25) is 0 Å². The Morgan fingerprint density at radius 3 is 2.43 bits per heavy atom. The van der Waals surface area contributed by atoms with Crippen molar-refractivity contribution in [1.29, 1.82) is 5.26 Å². The van der Waals surface area contributed by atoms with Crippen LogP contribution in [0.2, 0.25) is 0 Å². The van der Waals surface area contributed by atoms with Crippen molar-refractivity contribution in [2.24, 2.45) is 0 Å². The Hall–Kier alpha value is -2.67. The van der Waals surface area contributed by atoms with Gasteiger partial charge in [-0.3, -0.25) is 0 Å². The monoisotopic (exact) mass is 282 g/mol. The van der Waals surface area contributed by atoms with Crippen LogP contribution in [0.4, 0.5) is 5.69 Å². The van der Waals surface area contributed by atoms with Gasteiger partial charge >= 0.3 is 0 Å². The van der Waals surface area contributed by atoms with Gasteiger partial charge in [-0.05, 0) is 36.8 Å². The molecular weight excluding hydrogens is 264 g/mol. The lowest BCUT2D eigenvalue weighted by Crippen LogP contribution is -2.08. The third-order valence-electron chi connectivity index (χ3n) is 3.33. The number of ether oxygens (including phenoxy) is 2. The Bertz CT molecular complexity index is 662. The summed E-state index contributed by atoms with van der Waals surface area (Å²) in [4.78, 5) is 0. The van der Waals surface area contributed by atoms with Gasteiger partial charge in [-0.25, -0.2) is 0 Å². The van der Waals surface area contributed by atoms with Crippen LogP contribution in [0, 0.1) is 11.3 Å². The molecule has 0 aliphatic carbocycles. The molecule has 2 aromatic rings. The highest BCUT2D eigenvalue weighted by molar-refractivity contribution is 5.58. The number of hydrogen-bond donors (Lipinski definition) is 1. The van der Waals surface area contributed by atoms with E-state index in [1.54, 1.807) is 20.3 Å². The first kappa shape index (κ1) is 14.7. The fraction of sp³-hybridized carbons (Fsp3) is 0.235. The zero-order valence-corrected chi connectivity index (χ0v) is 12.4. The van der Waals surface area contributed by atoms with E-state index in [0.717, 1.165) is 11.3 Å². The molecule has 1 unspecified atom stereocenters. The molecule has 0 radical (unpaired) electrons. The second kappa shape index (κ2) is 6.67. The number of methoxy groups -OCH3 is 2. The molecule has 1 atom stereocenters. The number of anilines is 1. The van der Waals surface area contributed by atoms with Crippen molar-refractivity contribution >= 4 is 5.69 Å². The van der Waals surface area contributed by atoms with E-state index in [1.807, 2.05) is 43.3 Å². The summed E-state index contributed by atoms with van der Waals surface area (Å²) in [7, 11) is 3.23. The smallest absolute Gasteiger partial charge is 0.161 e. The normalized spacial score (nSPS) is 11.3. The minimum Gasteiger partial charge on any atom is -0.493 e. The van der Waals surface area contributed by atoms with Gasteiger partial charge in [0.05, 0.1) is 25.5 Å². The molecule has 21 heavy (non-hydrogen) atoms. The summed E-state index contributed by atoms with van der Waals surface area (Å²) in [5.74, 6) is 1.39. The Labute approximate surface area is 124 Å². The van der Waals surface area contributed by atoms with Gasteiger partial charge in [0, 0.05) is 6.04 Å². The second-order valence-corrected chi connectivity index (χ2v) is 4.64. The Kier molecular flexibility index (Phi) is 4.68. The van der Waals surface area contributed by atoms with Gasteiger partial charge < -0.3 is 14.8 Å². The molecule has 4 heteroatoms. The zero-order valence-electron chi connectivity index (χ0n) is 12.4. The van der Waals surface area contributed by atoms with Crippen LogP contribution in [0.15, 0.2) is 42.5 Å². The molecule has 4 nitrogen and oxygen atoms in total. The molecule has 0 heterocycles. The lowest BCUT2D eigenvalue weighted by atomic mass is 10.1. The van der Waals surface area contributed by atoms with E-state index in [1.165, 1.54) is 0 Å². The van der Waals surface area contributed by atoms with Crippen LogP contribution in [-0.4, -0.2) is 14.2 Å². The molecule has 108 valence electrons. The minimum absolute atomic E-state index is 0.0410. The molecule has 0 amide bonds. The topological polar surface area (TPSA) is 54.3 Å². The largest absolute Gasteiger partial charge is 0.493 e. The van der Waals surface area contributed by atoms with E-state index >= 15 is 0 Å². The molecule has 1 N–H and O–H groups in total. The van der Waals surface area contributed by atoms with Gasteiger partial charge in [-0.1, -0.05) is 18.2 Å². The van der Waals surface area contributed by atoms with Crippen molar-refractivity contribution in [3.05, 3.63) is 53.6 Å². The maximum atomic E-state index is 9.13. The van der Waals surface area contributed by atoms with Crippen molar-refractivity contribution in [3.63, 3.8) is 0 Å². The number of rotatable bonds is 5. The lowest BCUT2D eigenvalue weighted by molar-refractivity contribution is 0.354. The molecule has 0 saturated carbocycles. The standard InChI is InChI=1S/C17H18N2O2/c1-12(19-15-7-5-4-6-14(15)11-18)13-8-9-16(20-2)17(10-13)21-3/h4-10,12,19H,1-3H3. The Balaban J connectivity index is 2.24. The predicted molar refractivity (Wildman–Crippen MR) is 82.7 cm³/mol. The Morgan fingerprint density at radius 1 is 1.05 bits per heavy atom. The van der Waals surface area contributed by atoms with Gasteiger partial charge in [0.25, 0.3) is 0 Å². The summed E-state index contributed by atoms with van der Waals surface area (Å²) in [6, 6.07) is 15.5. The first-order valence-electron chi connectivity index (χ1n) is 6.67. The number of hydrogen-bond acceptors (Lipinski definition) is 4. The third kappa shape index (κ3) is 3.26.